The Hall–Kier alpha value is -0.820. The van der Waals surface area contributed by atoms with Gasteiger partial charge >= 0.3 is 0 Å². The van der Waals surface area contributed by atoms with Gasteiger partial charge in [0, 0.05) is 5.92 Å². The van der Waals surface area contributed by atoms with Crippen LogP contribution >= 0.6 is 11.6 Å². The minimum absolute atomic E-state index is 0.0723. The molecular formula is C12H15ClO. The van der Waals surface area contributed by atoms with Crippen LogP contribution in [0.1, 0.15) is 19.4 Å². The zero-order chi connectivity index (χ0) is 10.6. The maximum absolute atomic E-state index is 10.9. The molecule has 0 saturated heterocycles. The van der Waals surface area contributed by atoms with Crippen LogP contribution in [0.15, 0.2) is 30.3 Å². The molecule has 0 bridgehead atoms. The van der Waals surface area contributed by atoms with E-state index in [1.54, 1.807) is 0 Å². The molecule has 14 heavy (non-hydrogen) atoms. The molecular weight excluding hydrogens is 196 g/mol. The monoisotopic (exact) mass is 210 g/mol. The van der Waals surface area contributed by atoms with E-state index in [1.165, 1.54) is 5.56 Å². The Labute approximate surface area is 90.1 Å². The van der Waals surface area contributed by atoms with Crippen LogP contribution in [-0.2, 0) is 11.2 Å². The van der Waals surface area contributed by atoms with Crippen LogP contribution in [0.25, 0.3) is 0 Å². The highest BCUT2D eigenvalue weighted by atomic mass is 35.5. The van der Waals surface area contributed by atoms with Gasteiger partial charge in [-0.05, 0) is 29.5 Å². The quantitative estimate of drug-likeness (QED) is 0.698. The first-order valence-electron chi connectivity index (χ1n) is 4.84. The van der Waals surface area contributed by atoms with E-state index in [0.717, 1.165) is 6.42 Å². The van der Waals surface area contributed by atoms with Crippen molar-refractivity contribution in [3.63, 3.8) is 0 Å². The van der Waals surface area contributed by atoms with Gasteiger partial charge in [-0.3, -0.25) is 4.79 Å². The molecule has 0 saturated carbocycles. The Balaban J connectivity index is 2.57. The fourth-order valence-electron chi connectivity index (χ4n) is 1.39. The summed E-state index contributed by atoms with van der Waals surface area (Å²) >= 11 is 5.45. The van der Waals surface area contributed by atoms with Crippen molar-refractivity contribution in [1.29, 1.82) is 0 Å². The van der Waals surface area contributed by atoms with Crippen molar-refractivity contribution in [3.05, 3.63) is 35.9 Å². The standard InChI is InChI=1S/C12H15ClO/c1-9(10(2)12(13)14)8-11-6-4-3-5-7-11/h3-7,9-10H,8H2,1-2H3. The average molecular weight is 211 g/mol. The molecule has 2 unspecified atom stereocenters. The number of benzene rings is 1. The number of rotatable bonds is 4. The molecule has 0 spiro atoms. The van der Waals surface area contributed by atoms with Crippen molar-refractivity contribution in [2.75, 3.05) is 0 Å². The van der Waals surface area contributed by atoms with E-state index >= 15 is 0 Å². The van der Waals surface area contributed by atoms with Crippen molar-refractivity contribution in [3.8, 4) is 0 Å². The fraction of sp³-hybridized carbons (Fsp3) is 0.417. The van der Waals surface area contributed by atoms with Gasteiger partial charge in [0.1, 0.15) is 0 Å². The molecule has 0 fully saturated rings. The number of carbonyl (C=O) groups excluding carboxylic acids is 1. The molecule has 1 aromatic rings. The van der Waals surface area contributed by atoms with Crippen LogP contribution in [0.3, 0.4) is 0 Å². The highest BCUT2D eigenvalue weighted by molar-refractivity contribution is 6.63. The van der Waals surface area contributed by atoms with Crippen LogP contribution in [0.2, 0.25) is 0 Å². The summed E-state index contributed by atoms with van der Waals surface area (Å²) in [5.74, 6) is 0.222. The zero-order valence-corrected chi connectivity index (χ0v) is 9.29. The first kappa shape index (κ1) is 11.3. The third kappa shape index (κ3) is 3.15. The van der Waals surface area contributed by atoms with Crippen LogP contribution < -0.4 is 0 Å². The Morgan fingerprint density at radius 2 is 1.86 bits per heavy atom. The molecule has 2 atom stereocenters. The summed E-state index contributed by atoms with van der Waals surface area (Å²) < 4.78 is 0. The van der Waals surface area contributed by atoms with Crippen molar-refractivity contribution < 1.29 is 4.79 Å². The normalized spacial score (nSPS) is 14.8. The molecule has 1 rings (SSSR count). The van der Waals surface area contributed by atoms with E-state index in [1.807, 2.05) is 25.1 Å². The van der Waals surface area contributed by atoms with Crippen molar-refractivity contribution >= 4 is 16.8 Å². The highest BCUT2D eigenvalue weighted by Crippen LogP contribution is 2.18. The molecule has 0 aliphatic rings. The lowest BCUT2D eigenvalue weighted by molar-refractivity contribution is -0.115. The lowest BCUT2D eigenvalue weighted by Crippen LogP contribution is -2.16. The summed E-state index contributed by atoms with van der Waals surface area (Å²) in [4.78, 5) is 10.9. The van der Waals surface area contributed by atoms with Gasteiger partial charge in [0.05, 0.1) is 0 Å². The first-order valence-corrected chi connectivity index (χ1v) is 5.22. The van der Waals surface area contributed by atoms with Gasteiger partial charge < -0.3 is 0 Å². The third-order valence-electron chi connectivity index (χ3n) is 2.61. The van der Waals surface area contributed by atoms with Crippen LogP contribution in [-0.4, -0.2) is 5.24 Å². The van der Waals surface area contributed by atoms with E-state index in [4.69, 9.17) is 11.6 Å². The Morgan fingerprint density at radius 1 is 1.29 bits per heavy atom. The van der Waals surface area contributed by atoms with Crippen LogP contribution in [0, 0.1) is 11.8 Å². The van der Waals surface area contributed by atoms with E-state index in [-0.39, 0.29) is 11.2 Å². The van der Waals surface area contributed by atoms with Crippen molar-refractivity contribution in [2.24, 2.45) is 11.8 Å². The second-order valence-corrected chi connectivity index (χ2v) is 4.13. The molecule has 0 aromatic heterocycles. The number of hydrogen-bond acceptors (Lipinski definition) is 1. The summed E-state index contributed by atoms with van der Waals surface area (Å²) in [5, 5.41) is -0.242. The van der Waals surface area contributed by atoms with Crippen LogP contribution in [0.5, 0.6) is 0 Å². The molecule has 0 amide bonds. The van der Waals surface area contributed by atoms with E-state index in [0.29, 0.717) is 5.92 Å². The largest absolute Gasteiger partial charge is 0.281 e. The van der Waals surface area contributed by atoms with Crippen molar-refractivity contribution in [2.45, 2.75) is 20.3 Å². The van der Waals surface area contributed by atoms with Crippen molar-refractivity contribution in [1.82, 2.24) is 0 Å². The number of carbonyl (C=O) groups is 1. The lowest BCUT2D eigenvalue weighted by atomic mass is 9.90. The zero-order valence-electron chi connectivity index (χ0n) is 8.53. The van der Waals surface area contributed by atoms with Gasteiger partial charge in [-0.2, -0.15) is 0 Å². The first-order chi connectivity index (χ1) is 6.61. The van der Waals surface area contributed by atoms with Gasteiger partial charge in [0.25, 0.3) is 0 Å². The topological polar surface area (TPSA) is 17.1 Å². The maximum Gasteiger partial charge on any atom is 0.224 e. The molecule has 0 N–H and O–H groups in total. The average Bonchev–Trinajstić information content (AvgIpc) is 2.18. The summed E-state index contributed by atoms with van der Waals surface area (Å²) in [7, 11) is 0. The van der Waals surface area contributed by atoms with Gasteiger partial charge in [-0.25, -0.2) is 0 Å². The molecule has 0 heterocycles. The third-order valence-corrected chi connectivity index (χ3v) is 2.96. The minimum Gasteiger partial charge on any atom is -0.281 e. The fourth-order valence-corrected chi connectivity index (χ4v) is 1.60. The molecule has 1 aromatic carbocycles. The molecule has 0 aliphatic carbocycles. The van der Waals surface area contributed by atoms with E-state index < -0.39 is 0 Å². The van der Waals surface area contributed by atoms with Gasteiger partial charge in [0.15, 0.2) is 0 Å². The van der Waals surface area contributed by atoms with Crippen LogP contribution in [0.4, 0.5) is 0 Å². The minimum atomic E-state index is -0.242. The van der Waals surface area contributed by atoms with Gasteiger partial charge in [0.2, 0.25) is 5.24 Å². The summed E-state index contributed by atoms with van der Waals surface area (Å²) in [6, 6.07) is 10.2. The summed E-state index contributed by atoms with van der Waals surface area (Å²) in [6.45, 7) is 3.93. The van der Waals surface area contributed by atoms with E-state index in [9.17, 15) is 4.79 Å². The predicted octanol–water partition coefficient (Wildman–Crippen LogP) is 3.27. The Bertz CT molecular complexity index is 294. The predicted molar refractivity (Wildman–Crippen MR) is 59.3 cm³/mol. The molecule has 76 valence electrons. The van der Waals surface area contributed by atoms with Gasteiger partial charge in [-0.1, -0.05) is 44.2 Å². The number of halogens is 1. The number of hydrogen-bond donors (Lipinski definition) is 0. The molecule has 0 aliphatic heterocycles. The molecule has 0 radical (unpaired) electrons. The Morgan fingerprint density at radius 3 is 2.36 bits per heavy atom. The smallest absolute Gasteiger partial charge is 0.224 e. The highest BCUT2D eigenvalue weighted by Gasteiger charge is 2.18. The lowest BCUT2D eigenvalue weighted by Gasteiger charge is -2.15. The summed E-state index contributed by atoms with van der Waals surface area (Å²) in [6.07, 6.45) is 0.903. The SMILES string of the molecule is CC(Cc1ccccc1)C(C)C(=O)Cl. The summed E-state index contributed by atoms with van der Waals surface area (Å²) in [5.41, 5.74) is 1.25. The Kier molecular flexibility index (Phi) is 4.15. The molecule has 2 heteroatoms. The van der Waals surface area contributed by atoms with Gasteiger partial charge in [-0.15, -0.1) is 0 Å². The molecule has 1 nitrogen and oxygen atoms in total. The maximum atomic E-state index is 10.9. The second kappa shape index (κ2) is 5.16. The van der Waals surface area contributed by atoms with E-state index in [2.05, 4.69) is 19.1 Å². The second-order valence-electron chi connectivity index (χ2n) is 3.76.